The van der Waals surface area contributed by atoms with E-state index in [1.807, 2.05) is 0 Å². The summed E-state index contributed by atoms with van der Waals surface area (Å²) < 4.78 is 57.0. The Morgan fingerprint density at radius 1 is 1.04 bits per heavy atom. The lowest BCUT2D eigenvalue weighted by Gasteiger charge is -2.43. The van der Waals surface area contributed by atoms with Gasteiger partial charge in [-0.05, 0) is 0 Å². The van der Waals surface area contributed by atoms with Crippen LogP contribution in [0, 0.1) is 0 Å². The van der Waals surface area contributed by atoms with Crippen molar-refractivity contribution in [3.05, 3.63) is 0 Å². The lowest BCUT2D eigenvalue weighted by atomic mass is 9.96. The minimum atomic E-state index is -5.30. The molecule has 1 fully saturated rings. The third kappa shape index (κ3) is 6.67. The van der Waals surface area contributed by atoms with Gasteiger partial charge in [0, 0.05) is 20.8 Å². The van der Waals surface area contributed by atoms with Gasteiger partial charge in [-0.3, -0.25) is 19.2 Å². The second-order valence-electron chi connectivity index (χ2n) is 5.52. The predicted octanol–water partition coefficient (Wildman–Crippen LogP) is -0.823. The molecule has 0 saturated carbocycles. The Morgan fingerprint density at radius 2 is 1.59 bits per heavy atom. The molecule has 13 heteroatoms. The summed E-state index contributed by atoms with van der Waals surface area (Å²) in [7, 11) is 0. The fourth-order valence-electron chi connectivity index (χ4n) is 2.24. The lowest BCUT2D eigenvalue weighted by molar-refractivity contribution is -0.269. The van der Waals surface area contributed by atoms with Gasteiger partial charge in [-0.1, -0.05) is 0 Å². The quantitative estimate of drug-likeness (QED) is 0.447. The van der Waals surface area contributed by atoms with Crippen molar-refractivity contribution in [1.29, 1.82) is 0 Å². The van der Waals surface area contributed by atoms with Gasteiger partial charge in [-0.25, -0.2) is 0 Å². The molecule has 2 N–H and O–H groups in total. The Morgan fingerprint density at radius 3 is 2.04 bits per heavy atom. The second kappa shape index (κ2) is 8.99. The van der Waals surface area contributed by atoms with Crippen LogP contribution in [-0.4, -0.2) is 72.3 Å². The summed E-state index contributed by atoms with van der Waals surface area (Å²) in [5.41, 5.74) is 0. The normalized spacial score (nSPS) is 28.0. The first-order chi connectivity index (χ1) is 12.3. The van der Waals surface area contributed by atoms with Crippen molar-refractivity contribution in [2.75, 3.05) is 6.61 Å². The van der Waals surface area contributed by atoms with E-state index in [1.165, 1.54) is 5.32 Å². The van der Waals surface area contributed by atoms with E-state index < -0.39 is 67.2 Å². The highest BCUT2D eigenvalue weighted by molar-refractivity contribution is 5.82. The number of alkyl halides is 3. The number of hydrogen-bond acceptors (Lipinski definition) is 9. The minimum Gasteiger partial charge on any atom is -0.463 e. The van der Waals surface area contributed by atoms with Gasteiger partial charge < -0.3 is 29.4 Å². The van der Waals surface area contributed by atoms with E-state index >= 15 is 0 Å². The highest BCUT2D eigenvalue weighted by atomic mass is 19.4. The van der Waals surface area contributed by atoms with Gasteiger partial charge in [-0.15, -0.1) is 0 Å². The summed E-state index contributed by atoms with van der Waals surface area (Å²) in [6.45, 7) is 2.35. The molecule has 0 aromatic carbocycles. The van der Waals surface area contributed by atoms with E-state index in [1.54, 1.807) is 0 Å². The topological polar surface area (TPSA) is 137 Å². The summed E-state index contributed by atoms with van der Waals surface area (Å²) in [5.74, 6) is -5.11. The number of nitrogens with one attached hydrogen (secondary N) is 1. The first kappa shape index (κ1) is 22.6. The number of halogens is 3. The van der Waals surface area contributed by atoms with Crippen LogP contribution in [0.4, 0.5) is 13.2 Å². The zero-order chi connectivity index (χ0) is 20.9. The maximum Gasteiger partial charge on any atom is 0.471 e. The second-order valence-corrected chi connectivity index (χ2v) is 5.52. The maximum absolute atomic E-state index is 12.5. The monoisotopic (exact) mass is 401 g/mol. The van der Waals surface area contributed by atoms with E-state index in [-0.39, 0.29) is 0 Å². The molecule has 5 atom stereocenters. The standard InChI is InChI=1S/C14H18F3NO9/c1-5(19)24-4-8-11(25-6(2)20)10(22)9(12(27-8)26-7(3)21)18-13(23)14(15,16)17/h8-12,22H,4H2,1-3H3,(H,18,23)/t8-,9-,10-,11-,12?/m1/s1. The fourth-order valence-corrected chi connectivity index (χ4v) is 2.24. The fraction of sp³-hybridized carbons (Fsp3) is 0.714. The Labute approximate surface area is 150 Å². The molecule has 154 valence electrons. The Hall–Kier alpha value is -2.41. The Kier molecular flexibility index (Phi) is 7.54. The third-order valence-electron chi connectivity index (χ3n) is 3.26. The van der Waals surface area contributed by atoms with Crippen molar-refractivity contribution in [3.63, 3.8) is 0 Å². The van der Waals surface area contributed by atoms with E-state index in [9.17, 15) is 37.5 Å². The van der Waals surface area contributed by atoms with Crippen LogP contribution >= 0.6 is 0 Å². The van der Waals surface area contributed by atoms with E-state index in [4.69, 9.17) is 18.9 Å². The van der Waals surface area contributed by atoms with Gasteiger partial charge >= 0.3 is 30.0 Å². The molecule has 0 radical (unpaired) electrons. The van der Waals surface area contributed by atoms with Crippen LogP contribution in [0.25, 0.3) is 0 Å². The Balaban J connectivity index is 3.14. The molecule has 1 aliphatic rings. The number of esters is 3. The van der Waals surface area contributed by atoms with E-state index in [0.717, 1.165) is 20.8 Å². The van der Waals surface area contributed by atoms with Crippen molar-refractivity contribution in [3.8, 4) is 0 Å². The van der Waals surface area contributed by atoms with Crippen molar-refractivity contribution < 1.29 is 56.4 Å². The molecule has 1 unspecified atom stereocenters. The third-order valence-corrected chi connectivity index (χ3v) is 3.26. The number of ether oxygens (including phenoxy) is 4. The maximum atomic E-state index is 12.5. The van der Waals surface area contributed by atoms with Gasteiger partial charge in [0.1, 0.15) is 24.9 Å². The largest absolute Gasteiger partial charge is 0.471 e. The van der Waals surface area contributed by atoms with Crippen molar-refractivity contribution in [1.82, 2.24) is 5.32 Å². The number of aliphatic hydroxyl groups excluding tert-OH is 1. The molecule has 0 spiro atoms. The molecule has 1 aliphatic heterocycles. The molecule has 0 aliphatic carbocycles. The van der Waals surface area contributed by atoms with Crippen LogP contribution in [0.3, 0.4) is 0 Å². The number of carbonyl (C=O) groups excluding carboxylic acids is 4. The molecule has 0 aromatic heterocycles. The number of amides is 1. The molecule has 0 aromatic rings. The number of aliphatic hydroxyl groups is 1. The van der Waals surface area contributed by atoms with E-state index in [0.29, 0.717) is 0 Å². The average Bonchev–Trinajstić information content (AvgIpc) is 2.49. The van der Waals surface area contributed by atoms with E-state index in [2.05, 4.69) is 0 Å². The van der Waals surface area contributed by atoms with Crippen LogP contribution < -0.4 is 5.32 Å². The molecular formula is C14H18F3NO9. The van der Waals surface area contributed by atoms with Gasteiger partial charge in [-0.2, -0.15) is 13.2 Å². The zero-order valence-electron chi connectivity index (χ0n) is 14.4. The minimum absolute atomic E-state index is 0.567. The SMILES string of the molecule is CC(=O)OC[C@H]1OC(OC(C)=O)[C@H](NC(=O)C(F)(F)F)[C@@H](O)[C@@H]1OC(C)=O. The van der Waals surface area contributed by atoms with Crippen LogP contribution in [-0.2, 0) is 38.1 Å². The molecule has 1 amide bonds. The van der Waals surface area contributed by atoms with Gasteiger partial charge in [0.05, 0.1) is 0 Å². The van der Waals surface area contributed by atoms with Crippen molar-refractivity contribution in [2.45, 2.75) is 57.6 Å². The molecule has 0 bridgehead atoms. The lowest BCUT2D eigenvalue weighted by Crippen LogP contribution is -2.66. The van der Waals surface area contributed by atoms with Crippen molar-refractivity contribution >= 4 is 23.8 Å². The smallest absolute Gasteiger partial charge is 0.463 e. The summed E-state index contributed by atoms with van der Waals surface area (Å²) in [6.07, 6.45) is -12.1. The first-order valence-corrected chi connectivity index (χ1v) is 7.52. The molecule has 1 heterocycles. The van der Waals surface area contributed by atoms with Gasteiger partial charge in [0.15, 0.2) is 6.10 Å². The van der Waals surface area contributed by atoms with Crippen LogP contribution in [0.5, 0.6) is 0 Å². The summed E-state index contributed by atoms with van der Waals surface area (Å²) in [4.78, 5) is 44.6. The number of rotatable bonds is 5. The molecule has 1 saturated heterocycles. The van der Waals surface area contributed by atoms with Crippen LogP contribution in [0.2, 0.25) is 0 Å². The zero-order valence-corrected chi connectivity index (χ0v) is 14.4. The first-order valence-electron chi connectivity index (χ1n) is 7.52. The summed E-state index contributed by atoms with van der Waals surface area (Å²) in [6, 6.07) is -1.92. The van der Waals surface area contributed by atoms with Crippen LogP contribution in [0.1, 0.15) is 20.8 Å². The highest BCUT2D eigenvalue weighted by Crippen LogP contribution is 2.26. The average molecular weight is 401 g/mol. The number of carbonyl (C=O) groups is 4. The molecule has 27 heavy (non-hydrogen) atoms. The summed E-state index contributed by atoms with van der Waals surface area (Å²) in [5, 5.41) is 11.8. The van der Waals surface area contributed by atoms with Crippen molar-refractivity contribution in [2.24, 2.45) is 0 Å². The predicted molar refractivity (Wildman–Crippen MR) is 76.6 cm³/mol. The molecule has 1 rings (SSSR count). The molecular weight excluding hydrogens is 383 g/mol. The number of hydrogen-bond donors (Lipinski definition) is 2. The van der Waals surface area contributed by atoms with Crippen LogP contribution in [0.15, 0.2) is 0 Å². The van der Waals surface area contributed by atoms with Gasteiger partial charge in [0.25, 0.3) is 0 Å². The summed E-state index contributed by atoms with van der Waals surface area (Å²) >= 11 is 0. The van der Waals surface area contributed by atoms with Gasteiger partial charge in [0.2, 0.25) is 6.29 Å². The Bertz CT molecular complexity index is 595. The molecule has 10 nitrogen and oxygen atoms in total. The highest BCUT2D eigenvalue weighted by Gasteiger charge is 2.52.